The minimum atomic E-state index is -3.94. The number of nitrogens with one attached hydrogen (secondary N) is 4. The summed E-state index contributed by atoms with van der Waals surface area (Å²) < 4.78 is 115. The quantitative estimate of drug-likeness (QED) is 0.0302. The molecule has 127 heavy (non-hydrogen) atoms. The molecular weight excluding hydrogens is 1740 g/mol. The molecule has 0 aromatic carbocycles. The van der Waals surface area contributed by atoms with Crippen LogP contribution in [0.1, 0.15) is 235 Å². The topological polar surface area (TPSA) is 468 Å². The summed E-state index contributed by atoms with van der Waals surface area (Å²) in [6, 6.07) is 13.0. The summed E-state index contributed by atoms with van der Waals surface area (Å²) in [5.74, 6) is 2.07. The van der Waals surface area contributed by atoms with Gasteiger partial charge in [0.1, 0.15) is 77.0 Å². The molecule has 2 aliphatic carbocycles. The first kappa shape index (κ1) is 101. The number of nitrogens with zero attached hydrogens (tertiary/aromatic N) is 14. The molecule has 0 atom stereocenters. The van der Waals surface area contributed by atoms with E-state index in [-0.39, 0.29) is 45.2 Å². The van der Waals surface area contributed by atoms with Gasteiger partial charge in [0.15, 0.2) is 0 Å². The predicted octanol–water partition coefficient (Wildman–Crippen LogP) is 16.3. The Morgan fingerprint density at radius 3 is 1.06 bits per heavy atom. The molecule has 10 aromatic heterocycles. The number of imide groups is 3. The summed E-state index contributed by atoms with van der Waals surface area (Å²) in [4.78, 5) is 102. The van der Waals surface area contributed by atoms with Gasteiger partial charge in [-0.3, -0.25) is 14.9 Å². The highest BCUT2D eigenvalue weighted by atomic mass is 35.7. The predicted molar refractivity (Wildman–Crippen MR) is 477 cm³/mol. The first-order chi connectivity index (χ1) is 58.6. The maximum atomic E-state index is 13.2. The smallest absolute Gasteiger partial charge is 0.425 e. The van der Waals surface area contributed by atoms with Crippen LogP contribution in [0.2, 0.25) is 0 Å². The lowest BCUT2D eigenvalue weighted by Gasteiger charge is -2.28. The van der Waals surface area contributed by atoms with Crippen molar-refractivity contribution < 1.29 is 82.4 Å². The summed E-state index contributed by atoms with van der Waals surface area (Å²) in [6.07, 6.45) is 15.5. The normalized spacial score (nSPS) is 13.3. The average Bonchev–Trinajstić information content (AvgIpc) is 1.51. The summed E-state index contributed by atoms with van der Waals surface area (Å²) in [5, 5.41) is 16.1. The van der Waals surface area contributed by atoms with E-state index in [1.807, 2.05) is 29.8 Å². The molecule has 0 unspecified atom stereocenters. The number of H-pyrrole nitrogens is 2. The Labute approximate surface area is 749 Å². The Bertz CT molecular complexity index is 5820. The van der Waals surface area contributed by atoms with Crippen LogP contribution in [0, 0.1) is 41.5 Å². The van der Waals surface area contributed by atoms with Crippen LogP contribution in [0.3, 0.4) is 0 Å². The SMILES string of the molecule is Cc1cc(N(C(=O)OC(C)(C)C)C(=O)OC(C)(C)C)nc(C)c1CN.Cc1cc(N(C(=O)OC(C)(C)C)C(=O)OC(C)(C)C)nc(C)c1CNS(=O)(=O)c1cn[nH]c1.Cc1cc(N(C(=O)OC(C)(C)C)C(=O)OC(C)(C)C)nc(C)c1CNS(=O)(=O)c1cnn(Cc2cn3cc(C4CC4)ccc3n2)c1.ClCc1cn2cc(C3CC3)ccc2n1.O=S(=O)(Cl)c1cn[nH]c1. The van der Waals surface area contributed by atoms with Crippen molar-refractivity contribution in [3.8, 4) is 0 Å². The van der Waals surface area contributed by atoms with Gasteiger partial charge in [-0.1, -0.05) is 12.1 Å². The number of hydrogen-bond donors (Lipinski definition) is 5. The van der Waals surface area contributed by atoms with Crippen LogP contribution in [0.25, 0.3) is 11.3 Å². The Balaban J connectivity index is 0.000000215. The van der Waals surface area contributed by atoms with E-state index in [1.165, 1.54) is 84.6 Å². The number of carbonyl (C=O) groups excluding carboxylic acids is 6. The molecule has 2 fully saturated rings. The van der Waals surface area contributed by atoms with Gasteiger partial charge in [0, 0.05) is 90.8 Å². The number of carbonyl (C=O) groups is 6. The van der Waals surface area contributed by atoms with Crippen molar-refractivity contribution in [1.29, 1.82) is 0 Å². The van der Waals surface area contributed by atoms with Gasteiger partial charge >= 0.3 is 36.6 Å². The number of fused-ring (bicyclic) bond motifs is 2. The van der Waals surface area contributed by atoms with Gasteiger partial charge in [-0.2, -0.15) is 30.0 Å². The molecule has 690 valence electrons. The lowest BCUT2D eigenvalue weighted by molar-refractivity contribution is 0.0406. The molecule has 42 heteroatoms. The maximum absolute atomic E-state index is 13.2. The highest BCUT2D eigenvalue weighted by molar-refractivity contribution is 8.13. The van der Waals surface area contributed by atoms with Crippen LogP contribution < -0.4 is 29.9 Å². The summed E-state index contributed by atoms with van der Waals surface area (Å²) in [6.45, 7) is 41.4. The number of amides is 6. The van der Waals surface area contributed by atoms with Gasteiger partial charge in [0.25, 0.3) is 9.05 Å². The van der Waals surface area contributed by atoms with E-state index in [2.05, 4.69) is 94.9 Å². The van der Waals surface area contributed by atoms with Crippen molar-refractivity contribution in [2.45, 2.75) is 284 Å². The molecule has 0 bridgehead atoms. The zero-order chi connectivity index (χ0) is 94.8. The highest BCUT2D eigenvalue weighted by Crippen LogP contribution is 2.41. The molecule has 37 nitrogen and oxygen atoms in total. The molecular formula is C85H115Cl2N19O18S3. The second kappa shape index (κ2) is 40.5. The summed E-state index contributed by atoms with van der Waals surface area (Å²) in [5.41, 5.74) is 12.6. The fourth-order valence-electron chi connectivity index (χ4n) is 11.9. The Morgan fingerprint density at radius 1 is 0.449 bits per heavy atom. The fourth-order valence-corrected chi connectivity index (χ4v) is 14.5. The van der Waals surface area contributed by atoms with Crippen molar-refractivity contribution in [2.75, 3.05) is 14.7 Å². The number of anilines is 3. The number of sulfonamides is 2. The number of nitrogens with two attached hydrogens (primary N) is 1. The molecule has 6 N–H and O–H groups in total. The first-order valence-electron chi connectivity index (χ1n) is 40.5. The number of aryl methyl sites for hydroxylation is 6. The van der Waals surface area contributed by atoms with Crippen molar-refractivity contribution in [1.82, 2.24) is 73.3 Å². The highest BCUT2D eigenvalue weighted by Gasteiger charge is 2.39. The maximum Gasteiger partial charge on any atom is 0.425 e. The van der Waals surface area contributed by atoms with Gasteiger partial charge in [-0.05, 0) is 279 Å². The minimum Gasteiger partial charge on any atom is -0.443 e. The number of aromatic nitrogens is 13. The molecule has 0 aliphatic heterocycles. The fraction of sp³-hybridized carbons (Fsp3) is 0.482. The largest absolute Gasteiger partial charge is 0.443 e. The molecule has 10 aromatic rings. The number of pyridine rings is 5. The van der Waals surface area contributed by atoms with Crippen LogP contribution in [-0.4, -0.2) is 159 Å². The molecule has 0 saturated heterocycles. The van der Waals surface area contributed by atoms with E-state index in [0.29, 0.717) is 64.2 Å². The molecule has 6 amide bonds. The second-order valence-electron chi connectivity index (χ2n) is 36.1. The van der Waals surface area contributed by atoms with Crippen LogP contribution in [-0.2, 0) is 89.6 Å². The molecule has 12 rings (SSSR count). The summed E-state index contributed by atoms with van der Waals surface area (Å²) in [7, 11) is -6.38. The van der Waals surface area contributed by atoms with Crippen LogP contribution in [0.5, 0.6) is 0 Å². The second-order valence-corrected chi connectivity index (χ2v) is 42.5. The zero-order valence-electron chi connectivity index (χ0n) is 76.0. The monoisotopic (exact) mass is 1860 g/mol. The van der Waals surface area contributed by atoms with E-state index in [1.54, 1.807) is 165 Å². The lowest BCUT2D eigenvalue weighted by atomic mass is 10.1. The number of alkyl halides is 1. The lowest BCUT2D eigenvalue weighted by Crippen LogP contribution is -2.44. The van der Waals surface area contributed by atoms with E-state index in [9.17, 15) is 54.0 Å². The molecule has 0 radical (unpaired) electrons. The third-order valence-electron chi connectivity index (χ3n) is 17.9. The van der Waals surface area contributed by atoms with Crippen LogP contribution >= 0.6 is 22.3 Å². The minimum absolute atomic E-state index is 0.00194. The molecule has 2 saturated carbocycles. The van der Waals surface area contributed by atoms with E-state index < -0.39 is 99.3 Å². The van der Waals surface area contributed by atoms with Crippen molar-refractivity contribution in [3.63, 3.8) is 0 Å². The number of imidazole rings is 2. The van der Waals surface area contributed by atoms with Gasteiger partial charge in [0.05, 0.1) is 42.4 Å². The van der Waals surface area contributed by atoms with Crippen molar-refractivity contribution in [3.05, 3.63) is 177 Å². The Morgan fingerprint density at radius 2 is 0.772 bits per heavy atom. The van der Waals surface area contributed by atoms with Crippen LogP contribution in [0.15, 0.2) is 119 Å². The molecule has 0 spiro atoms. The number of ether oxygens (including phenoxy) is 6. The van der Waals surface area contributed by atoms with Crippen molar-refractivity contribution >= 4 is 117 Å². The molecule has 10 heterocycles. The first-order valence-corrected chi connectivity index (χ1v) is 46.3. The third kappa shape index (κ3) is 30.3. The number of aromatic amines is 2. The summed E-state index contributed by atoms with van der Waals surface area (Å²) >= 11 is 5.74. The van der Waals surface area contributed by atoms with E-state index >= 15 is 0 Å². The zero-order valence-corrected chi connectivity index (χ0v) is 80.0. The van der Waals surface area contributed by atoms with Gasteiger partial charge in [-0.15, -0.1) is 11.6 Å². The van der Waals surface area contributed by atoms with Gasteiger partial charge in [-0.25, -0.2) is 88.4 Å². The van der Waals surface area contributed by atoms with Crippen LogP contribution in [0.4, 0.5) is 46.2 Å². The third-order valence-corrected chi connectivity index (χ3v) is 22.2. The number of rotatable bonds is 18. The number of hydrogen-bond acceptors (Lipinski definition) is 27. The standard InChI is InChI=1S/C32H41N7O6S.C21H31N5O6S.C18H29N3O4.C11H11ClN2.C3H3ClN2O2S/c1-20-13-28(39(29(40)44-31(3,4)5)30(41)45-32(6,7)8)35-21(2)26(20)15-34-46(42,43)25-14-33-38(19-25)18-24-17-37-16-23(22-9-10-22)11-12-27(37)36-24;1-13-9-17(26(18(27)31-20(3,4)5)19(28)32-21(6,7)8)25-14(2)16(13)12-24-33(29,30)15-10-22-23-11-15;1-11-9-14(20-12(2)13(11)10-19)21(15(22)24-17(3,4)5)16(23)25-18(6,7)8;12-5-10-7-14-6-9(8-1-2-8)3-4-11(14)13-10;4-9(7,8)3-1-5-6-2-3/h11-14,16-17,19,22,34H,9-10,15,18H2,1-8H3;9-11,24H,12H2,1-8H3,(H,22,23);9H,10,19H2,1-8H3;3-4,6-8H,1-2,5H2;1-2H,(H,5,6). The van der Waals surface area contributed by atoms with E-state index in [0.717, 1.165) is 60.6 Å². The number of halogens is 2. The Kier molecular flexibility index (Phi) is 32.4. The van der Waals surface area contributed by atoms with E-state index in [4.69, 9.17) is 56.4 Å². The van der Waals surface area contributed by atoms with Gasteiger partial charge < -0.3 is 43.0 Å². The van der Waals surface area contributed by atoms with Gasteiger partial charge in [0.2, 0.25) is 20.0 Å². The Hall–Kier alpha value is -11.0. The molecule has 2 aliphatic rings. The average molecular weight is 1860 g/mol. The van der Waals surface area contributed by atoms with Crippen molar-refractivity contribution in [2.24, 2.45) is 5.73 Å².